The number of carbonyl (C=O) groups excluding carboxylic acids is 1. The molecule has 0 unspecified atom stereocenters. The largest absolute Gasteiger partial charge is 0.481 e. The smallest absolute Gasteiger partial charge is 0.303 e. The highest BCUT2D eigenvalue weighted by Gasteiger charge is 2.22. The molecule has 0 fully saturated rings. The van der Waals surface area contributed by atoms with Gasteiger partial charge in [-0.2, -0.15) is 0 Å². The van der Waals surface area contributed by atoms with Gasteiger partial charge in [-0.1, -0.05) is 0 Å². The fourth-order valence-electron chi connectivity index (χ4n) is 1.32. The lowest BCUT2D eigenvalue weighted by molar-refractivity contribution is -0.137. The van der Waals surface area contributed by atoms with Crippen LogP contribution in [0.3, 0.4) is 0 Å². The summed E-state index contributed by atoms with van der Waals surface area (Å²) in [6.45, 7) is 3.44. The van der Waals surface area contributed by atoms with Crippen LogP contribution in [-0.4, -0.2) is 32.5 Å². The Hall–Kier alpha value is -2.18. The molecule has 0 saturated carbocycles. The van der Waals surface area contributed by atoms with Crippen molar-refractivity contribution in [1.82, 2.24) is 15.3 Å². The highest BCUT2D eigenvalue weighted by molar-refractivity contribution is 5.92. The minimum Gasteiger partial charge on any atom is -0.481 e. The van der Waals surface area contributed by atoms with Crippen molar-refractivity contribution in [2.75, 3.05) is 0 Å². The number of nitrogens with one attached hydrogen (secondary N) is 2. The van der Waals surface area contributed by atoms with Crippen LogP contribution >= 0.6 is 0 Å². The monoisotopic (exact) mass is 253 g/mol. The molecule has 7 nitrogen and oxygen atoms in total. The lowest BCUT2D eigenvalue weighted by atomic mass is 9.98. The summed E-state index contributed by atoms with van der Waals surface area (Å²) in [5.74, 6) is -1.37. The van der Waals surface area contributed by atoms with Crippen molar-refractivity contribution in [3.63, 3.8) is 0 Å². The van der Waals surface area contributed by atoms with E-state index in [1.54, 1.807) is 13.8 Å². The maximum atomic E-state index is 11.8. The van der Waals surface area contributed by atoms with Crippen LogP contribution in [-0.2, 0) is 4.79 Å². The van der Waals surface area contributed by atoms with E-state index >= 15 is 0 Å². The minimum absolute atomic E-state index is 0.0354. The topological polar surface area (TPSA) is 112 Å². The van der Waals surface area contributed by atoms with Crippen molar-refractivity contribution < 1.29 is 14.7 Å². The molecule has 1 rings (SSSR count). The third kappa shape index (κ3) is 4.36. The molecule has 1 aromatic rings. The number of carbonyl (C=O) groups is 2. The fourth-order valence-corrected chi connectivity index (χ4v) is 1.32. The molecule has 3 N–H and O–H groups in total. The number of carboxylic acid groups (broad SMARTS) is 1. The van der Waals surface area contributed by atoms with Gasteiger partial charge in [0.15, 0.2) is 0 Å². The van der Waals surface area contributed by atoms with Gasteiger partial charge in [0.05, 0.1) is 6.20 Å². The summed E-state index contributed by atoms with van der Waals surface area (Å²) < 4.78 is 0. The average molecular weight is 253 g/mol. The molecule has 0 aliphatic heterocycles. The first-order valence-corrected chi connectivity index (χ1v) is 5.39. The summed E-state index contributed by atoms with van der Waals surface area (Å²) in [7, 11) is 0. The van der Waals surface area contributed by atoms with Crippen molar-refractivity contribution in [2.45, 2.75) is 32.2 Å². The van der Waals surface area contributed by atoms with Crippen LogP contribution < -0.4 is 10.9 Å². The second kappa shape index (κ2) is 5.44. The number of aliphatic carboxylic acids is 1. The molecule has 0 spiro atoms. The maximum Gasteiger partial charge on any atom is 0.303 e. The highest BCUT2D eigenvalue weighted by atomic mass is 16.4. The normalized spacial score (nSPS) is 11.0. The Morgan fingerprint density at radius 1 is 1.50 bits per heavy atom. The number of aromatic nitrogens is 2. The van der Waals surface area contributed by atoms with Crippen LogP contribution in [0.25, 0.3) is 0 Å². The Balaban J connectivity index is 2.66. The maximum absolute atomic E-state index is 11.8. The van der Waals surface area contributed by atoms with Gasteiger partial charge in [0.25, 0.3) is 11.5 Å². The van der Waals surface area contributed by atoms with Gasteiger partial charge >= 0.3 is 5.97 Å². The summed E-state index contributed by atoms with van der Waals surface area (Å²) >= 11 is 0. The van der Waals surface area contributed by atoms with Crippen LogP contribution in [0.2, 0.25) is 0 Å². The van der Waals surface area contributed by atoms with Crippen molar-refractivity contribution in [1.29, 1.82) is 0 Å². The molecule has 0 radical (unpaired) electrons. The number of aromatic amines is 1. The molecular formula is C11H15N3O4. The third-order valence-corrected chi connectivity index (χ3v) is 2.32. The quantitative estimate of drug-likeness (QED) is 0.691. The van der Waals surface area contributed by atoms with Crippen molar-refractivity contribution in [3.8, 4) is 0 Å². The van der Waals surface area contributed by atoms with Crippen molar-refractivity contribution >= 4 is 11.9 Å². The molecule has 18 heavy (non-hydrogen) atoms. The van der Waals surface area contributed by atoms with Gasteiger partial charge in [0.2, 0.25) is 0 Å². The second-order valence-corrected chi connectivity index (χ2v) is 4.53. The SMILES string of the molecule is CC(C)(CCC(=O)O)NC(=O)c1c[nH]c(=O)cn1. The van der Waals surface area contributed by atoms with Gasteiger partial charge in [0, 0.05) is 18.2 Å². The van der Waals surface area contributed by atoms with Crippen molar-refractivity contribution in [2.24, 2.45) is 0 Å². The van der Waals surface area contributed by atoms with Gasteiger partial charge in [-0.05, 0) is 20.3 Å². The Labute approximate surface area is 103 Å². The summed E-state index contributed by atoms with van der Waals surface area (Å²) in [5.41, 5.74) is -0.970. The van der Waals surface area contributed by atoms with E-state index in [0.717, 1.165) is 6.20 Å². The first-order valence-electron chi connectivity index (χ1n) is 5.39. The molecule has 7 heteroatoms. The third-order valence-electron chi connectivity index (χ3n) is 2.32. The van der Waals surface area contributed by atoms with E-state index in [1.165, 1.54) is 6.20 Å². The van der Waals surface area contributed by atoms with Gasteiger partial charge in [-0.25, -0.2) is 4.98 Å². The zero-order valence-corrected chi connectivity index (χ0v) is 10.2. The Morgan fingerprint density at radius 3 is 2.67 bits per heavy atom. The van der Waals surface area contributed by atoms with Gasteiger partial charge in [-0.3, -0.25) is 14.4 Å². The summed E-state index contributed by atoms with van der Waals surface area (Å²) in [5, 5.41) is 11.3. The first-order chi connectivity index (χ1) is 8.30. The molecule has 1 amide bonds. The molecular weight excluding hydrogens is 238 g/mol. The summed E-state index contributed by atoms with van der Waals surface area (Å²) in [4.78, 5) is 39.1. The lowest BCUT2D eigenvalue weighted by Gasteiger charge is -2.25. The molecule has 1 aromatic heterocycles. The van der Waals surface area contributed by atoms with Crippen LogP contribution in [0.1, 0.15) is 37.2 Å². The summed E-state index contributed by atoms with van der Waals surface area (Å²) in [6.07, 6.45) is 2.49. The number of amides is 1. The second-order valence-electron chi connectivity index (χ2n) is 4.53. The standard InChI is InChI=1S/C11H15N3O4/c1-11(2,4-3-9(16)17)14-10(18)7-5-13-8(15)6-12-7/h5-6H,3-4H2,1-2H3,(H,13,15)(H,14,18)(H,16,17). The number of hydrogen-bond acceptors (Lipinski definition) is 4. The van der Waals surface area contributed by atoms with E-state index in [2.05, 4.69) is 15.3 Å². The fraction of sp³-hybridized carbons (Fsp3) is 0.455. The number of nitrogens with zero attached hydrogens (tertiary/aromatic N) is 1. The van der Waals surface area contributed by atoms with Crippen LogP contribution in [0.5, 0.6) is 0 Å². The number of hydrogen-bond donors (Lipinski definition) is 3. The first kappa shape index (κ1) is 13.9. The van der Waals surface area contributed by atoms with E-state index < -0.39 is 23.0 Å². The van der Waals surface area contributed by atoms with E-state index in [-0.39, 0.29) is 12.1 Å². The van der Waals surface area contributed by atoms with Crippen LogP contribution in [0.15, 0.2) is 17.2 Å². The predicted molar refractivity (Wildman–Crippen MR) is 63.3 cm³/mol. The van der Waals surface area contributed by atoms with E-state index in [9.17, 15) is 14.4 Å². The lowest BCUT2D eigenvalue weighted by Crippen LogP contribution is -2.44. The van der Waals surface area contributed by atoms with E-state index in [0.29, 0.717) is 6.42 Å². The van der Waals surface area contributed by atoms with Crippen molar-refractivity contribution in [3.05, 3.63) is 28.4 Å². The molecule has 0 atom stereocenters. The van der Waals surface area contributed by atoms with E-state index in [4.69, 9.17) is 5.11 Å². The number of rotatable bonds is 5. The van der Waals surface area contributed by atoms with E-state index in [1.807, 2.05) is 0 Å². The van der Waals surface area contributed by atoms with Crippen LogP contribution in [0.4, 0.5) is 0 Å². The van der Waals surface area contributed by atoms with Crippen LogP contribution in [0, 0.1) is 0 Å². The number of carboxylic acids is 1. The molecule has 0 bridgehead atoms. The molecule has 98 valence electrons. The zero-order valence-electron chi connectivity index (χ0n) is 10.2. The predicted octanol–water partition coefficient (Wildman–Crippen LogP) is 0.143. The molecule has 0 aliphatic carbocycles. The highest BCUT2D eigenvalue weighted by Crippen LogP contribution is 2.11. The molecule has 0 aromatic carbocycles. The average Bonchev–Trinajstić information content (AvgIpc) is 2.27. The molecule has 0 aliphatic rings. The van der Waals surface area contributed by atoms with Gasteiger partial charge in [-0.15, -0.1) is 0 Å². The Bertz CT molecular complexity index is 487. The molecule has 0 saturated heterocycles. The minimum atomic E-state index is -0.917. The Kier molecular flexibility index (Phi) is 4.19. The van der Waals surface area contributed by atoms with Gasteiger partial charge in [0.1, 0.15) is 5.69 Å². The Morgan fingerprint density at radius 2 is 2.17 bits per heavy atom. The zero-order chi connectivity index (χ0) is 13.8. The molecule has 1 heterocycles. The summed E-state index contributed by atoms with van der Waals surface area (Å²) in [6, 6.07) is 0. The van der Waals surface area contributed by atoms with Gasteiger partial charge < -0.3 is 15.4 Å². The number of H-pyrrole nitrogens is 1.